The van der Waals surface area contributed by atoms with E-state index in [1.807, 2.05) is 18.2 Å². The van der Waals surface area contributed by atoms with Crippen LogP contribution in [0, 0.1) is 0 Å². The van der Waals surface area contributed by atoms with Crippen molar-refractivity contribution < 1.29 is 8.42 Å². The molecule has 0 radical (unpaired) electrons. The summed E-state index contributed by atoms with van der Waals surface area (Å²) in [5.74, 6) is 0. The van der Waals surface area contributed by atoms with E-state index in [2.05, 4.69) is 134 Å². The number of benzene rings is 6. The number of hydrogen-bond donors (Lipinski definition) is 0. The Kier molecular flexibility index (Phi) is 5.78. The summed E-state index contributed by atoms with van der Waals surface area (Å²) < 4.78 is 27.7. The van der Waals surface area contributed by atoms with Gasteiger partial charge in [-0.25, -0.2) is 8.42 Å². The highest BCUT2D eigenvalue weighted by Gasteiger charge is 2.47. The van der Waals surface area contributed by atoms with E-state index in [1.54, 1.807) is 18.2 Å². The molecule has 0 aromatic heterocycles. The fourth-order valence-electron chi connectivity index (χ4n) is 7.55. The molecule has 0 amide bonds. The number of anilines is 3. The summed E-state index contributed by atoms with van der Waals surface area (Å²) >= 11 is 0. The van der Waals surface area contributed by atoms with Crippen molar-refractivity contribution in [3.05, 3.63) is 185 Å². The van der Waals surface area contributed by atoms with Crippen LogP contribution in [-0.4, -0.2) is 8.42 Å². The second-order valence-electron chi connectivity index (χ2n) is 12.2. The SMILES string of the molecule is CC1(C)c2ccccc2S(=O)(=O)c2ccc(N3c4ccccc4C(c4ccccc4)(c4ccccc4)c4ccccc43)cc21. The standard InChI is InChI=1S/C40H31NO2S/c1-39(2)33-21-11-14-24-37(33)44(42,43)38-26-25-30(27-34(38)39)41-35-22-12-9-19-31(35)40(28-15-5-3-6-16-28,29-17-7-4-8-18-29)32-20-10-13-23-36(32)41/h3-27H,1-2H3. The van der Waals surface area contributed by atoms with E-state index in [4.69, 9.17) is 0 Å². The zero-order chi connectivity index (χ0) is 30.1. The number of para-hydroxylation sites is 2. The predicted octanol–water partition coefficient (Wildman–Crippen LogP) is 9.32. The third-order valence-electron chi connectivity index (χ3n) is 9.55. The van der Waals surface area contributed by atoms with Crippen molar-refractivity contribution in [1.82, 2.24) is 0 Å². The van der Waals surface area contributed by atoms with E-state index in [0.29, 0.717) is 9.79 Å². The largest absolute Gasteiger partial charge is 0.310 e. The van der Waals surface area contributed by atoms with E-state index < -0.39 is 20.7 Å². The monoisotopic (exact) mass is 589 g/mol. The lowest BCUT2D eigenvalue weighted by atomic mass is 9.62. The Morgan fingerprint density at radius 2 is 0.932 bits per heavy atom. The Morgan fingerprint density at radius 3 is 1.50 bits per heavy atom. The number of hydrogen-bond acceptors (Lipinski definition) is 3. The fraction of sp³-hybridized carbons (Fsp3) is 0.100. The van der Waals surface area contributed by atoms with Gasteiger partial charge >= 0.3 is 0 Å². The van der Waals surface area contributed by atoms with Crippen molar-refractivity contribution >= 4 is 26.9 Å². The molecule has 0 saturated carbocycles. The van der Waals surface area contributed by atoms with Crippen LogP contribution < -0.4 is 4.90 Å². The van der Waals surface area contributed by atoms with Crippen LogP contribution in [0.3, 0.4) is 0 Å². The van der Waals surface area contributed by atoms with Gasteiger partial charge < -0.3 is 4.90 Å². The van der Waals surface area contributed by atoms with Gasteiger partial charge in [0.1, 0.15) is 0 Å². The summed E-state index contributed by atoms with van der Waals surface area (Å²) in [4.78, 5) is 3.08. The molecule has 2 heterocycles. The summed E-state index contributed by atoms with van der Waals surface area (Å²) in [5.41, 5.74) is 8.38. The molecule has 6 aromatic rings. The van der Waals surface area contributed by atoms with Gasteiger partial charge in [0.25, 0.3) is 0 Å². The van der Waals surface area contributed by atoms with Crippen molar-refractivity contribution in [3.8, 4) is 0 Å². The minimum atomic E-state index is -3.65. The zero-order valence-corrected chi connectivity index (χ0v) is 25.4. The summed E-state index contributed by atoms with van der Waals surface area (Å²) in [6.45, 7) is 4.24. The molecular weight excluding hydrogens is 559 g/mol. The second-order valence-corrected chi connectivity index (χ2v) is 14.0. The molecule has 2 aliphatic rings. The lowest BCUT2D eigenvalue weighted by molar-refractivity contribution is 0.555. The third-order valence-corrected chi connectivity index (χ3v) is 11.4. The number of nitrogens with zero attached hydrogens (tertiary/aromatic N) is 1. The summed E-state index contributed by atoms with van der Waals surface area (Å²) in [5, 5.41) is 0. The van der Waals surface area contributed by atoms with Gasteiger partial charge in [-0.2, -0.15) is 0 Å². The first-order chi connectivity index (χ1) is 21.4. The molecule has 3 nitrogen and oxygen atoms in total. The highest BCUT2D eigenvalue weighted by atomic mass is 32.2. The van der Waals surface area contributed by atoms with Crippen LogP contribution in [0.5, 0.6) is 0 Å². The molecule has 4 heteroatoms. The van der Waals surface area contributed by atoms with Crippen LogP contribution >= 0.6 is 0 Å². The van der Waals surface area contributed by atoms with Crippen LogP contribution in [0.4, 0.5) is 17.1 Å². The molecule has 0 saturated heterocycles. The molecule has 2 aliphatic heterocycles. The van der Waals surface area contributed by atoms with Gasteiger partial charge in [-0.15, -0.1) is 0 Å². The van der Waals surface area contributed by atoms with Crippen LogP contribution in [-0.2, 0) is 20.7 Å². The maximum Gasteiger partial charge on any atom is 0.207 e. The molecule has 214 valence electrons. The molecule has 0 bridgehead atoms. The lowest BCUT2D eigenvalue weighted by Gasteiger charge is -2.46. The van der Waals surface area contributed by atoms with E-state index in [-0.39, 0.29) is 0 Å². The molecule has 0 aliphatic carbocycles. The number of sulfone groups is 1. The van der Waals surface area contributed by atoms with Crippen molar-refractivity contribution in [2.24, 2.45) is 0 Å². The highest BCUT2D eigenvalue weighted by Crippen LogP contribution is 2.58. The second kappa shape index (κ2) is 9.54. The fourth-order valence-corrected chi connectivity index (χ4v) is 9.51. The van der Waals surface area contributed by atoms with Crippen molar-refractivity contribution in [1.29, 1.82) is 0 Å². The van der Waals surface area contributed by atoms with E-state index in [1.165, 1.54) is 22.3 Å². The van der Waals surface area contributed by atoms with Crippen LogP contribution in [0.1, 0.15) is 47.2 Å². The van der Waals surface area contributed by atoms with Gasteiger partial charge in [0.05, 0.1) is 26.6 Å². The third kappa shape index (κ3) is 3.52. The molecule has 0 unspecified atom stereocenters. The Balaban J connectivity index is 1.43. The molecule has 0 fully saturated rings. The average Bonchev–Trinajstić information content (AvgIpc) is 3.07. The van der Waals surface area contributed by atoms with Crippen LogP contribution in [0.15, 0.2) is 161 Å². The molecular formula is C40H31NO2S. The normalized spacial score (nSPS) is 16.6. The molecule has 8 rings (SSSR count). The van der Waals surface area contributed by atoms with Gasteiger partial charge in [-0.05, 0) is 69.8 Å². The van der Waals surface area contributed by atoms with Gasteiger partial charge in [0.2, 0.25) is 9.84 Å². The zero-order valence-electron chi connectivity index (χ0n) is 24.6. The molecule has 0 spiro atoms. The topological polar surface area (TPSA) is 37.4 Å². The van der Waals surface area contributed by atoms with E-state index >= 15 is 0 Å². The van der Waals surface area contributed by atoms with E-state index in [0.717, 1.165) is 28.2 Å². The Bertz CT molecular complexity index is 2080. The van der Waals surface area contributed by atoms with Crippen LogP contribution in [0.25, 0.3) is 0 Å². The minimum absolute atomic E-state index is 0.381. The summed E-state index contributed by atoms with van der Waals surface area (Å²) in [6.07, 6.45) is 0. The molecule has 44 heavy (non-hydrogen) atoms. The first kappa shape index (κ1) is 26.7. The summed E-state index contributed by atoms with van der Waals surface area (Å²) in [6, 6.07) is 52.0. The van der Waals surface area contributed by atoms with Crippen molar-refractivity contribution in [2.75, 3.05) is 4.90 Å². The number of rotatable bonds is 3. The Labute approximate surface area is 259 Å². The molecule has 0 N–H and O–H groups in total. The highest BCUT2D eigenvalue weighted by molar-refractivity contribution is 7.91. The molecule has 6 aromatic carbocycles. The van der Waals surface area contributed by atoms with E-state index in [9.17, 15) is 8.42 Å². The van der Waals surface area contributed by atoms with Gasteiger partial charge in [-0.1, -0.05) is 129 Å². The predicted molar refractivity (Wildman–Crippen MR) is 177 cm³/mol. The summed E-state index contributed by atoms with van der Waals surface area (Å²) in [7, 11) is -3.65. The number of fused-ring (bicyclic) bond motifs is 4. The quantitative estimate of drug-likeness (QED) is 0.206. The van der Waals surface area contributed by atoms with Gasteiger partial charge in [-0.3, -0.25) is 0 Å². The Morgan fingerprint density at radius 1 is 0.477 bits per heavy atom. The van der Waals surface area contributed by atoms with Crippen LogP contribution in [0.2, 0.25) is 0 Å². The van der Waals surface area contributed by atoms with Crippen molar-refractivity contribution in [2.45, 2.75) is 34.5 Å². The maximum atomic E-state index is 13.9. The van der Waals surface area contributed by atoms with Gasteiger partial charge in [0.15, 0.2) is 0 Å². The lowest BCUT2D eigenvalue weighted by Crippen LogP contribution is -2.38. The Hall–Kier alpha value is -4.93. The maximum absolute atomic E-state index is 13.9. The first-order valence-electron chi connectivity index (χ1n) is 15.0. The van der Waals surface area contributed by atoms with Gasteiger partial charge in [0, 0.05) is 11.1 Å². The molecule has 0 atom stereocenters. The minimum Gasteiger partial charge on any atom is -0.310 e. The first-order valence-corrected chi connectivity index (χ1v) is 16.4. The van der Waals surface area contributed by atoms with Crippen molar-refractivity contribution in [3.63, 3.8) is 0 Å². The average molecular weight is 590 g/mol. The smallest absolute Gasteiger partial charge is 0.207 e.